The van der Waals surface area contributed by atoms with Gasteiger partial charge < -0.3 is 15.2 Å². The molecule has 3 rings (SSSR count). The zero-order chi connectivity index (χ0) is 21.3. The summed E-state index contributed by atoms with van der Waals surface area (Å²) in [5.74, 6) is 2.29. The normalized spacial score (nSPS) is 12.2. The second kappa shape index (κ2) is 15.0. The number of rotatable bonds is 6. The van der Waals surface area contributed by atoms with Crippen LogP contribution >= 0.6 is 12.6 Å². The van der Waals surface area contributed by atoms with Gasteiger partial charge in [0.05, 0.1) is 0 Å². The maximum Gasteiger partial charge on any atom is 0.222 e. The average molecular weight is 409 g/mol. The number of thiol groups is 1. The molecule has 0 aromatic heterocycles. The van der Waals surface area contributed by atoms with Gasteiger partial charge in [-0.3, -0.25) is 0 Å². The first-order valence-corrected chi connectivity index (χ1v) is 9.58. The van der Waals surface area contributed by atoms with Gasteiger partial charge in [0, 0.05) is 11.0 Å². The summed E-state index contributed by atoms with van der Waals surface area (Å²) in [7, 11) is 1.50. The minimum atomic E-state index is 0.365. The molecule has 0 heterocycles. The summed E-state index contributed by atoms with van der Waals surface area (Å²) >= 11 is 4.08. The zero-order valence-corrected chi connectivity index (χ0v) is 17.6. The van der Waals surface area contributed by atoms with Crippen LogP contribution in [0.3, 0.4) is 0 Å². The molecule has 1 aliphatic carbocycles. The molecule has 0 radical (unpaired) electrons. The van der Waals surface area contributed by atoms with Gasteiger partial charge in [0.2, 0.25) is 5.88 Å². The summed E-state index contributed by atoms with van der Waals surface area (Å²) in [6, 6.07) is 19.2. The first kappa shape index (κ1) is 24.0. The van der Waals surface area contributed by atoms with Crippen LogP contribution in [0.4, 0.5) is 0 Å². The molecule has 29 heavy (non-hydrogen) atoms. The van der Waals surface area contributed by atoms with Crippen molar-refractivity contribution < 1.29 is 9.47 Å². The highest BCUT2D eigenvalue weighted by Gasteiger charge is 2.03. The minimum absolute atomic E-state index is 0.365. The maximum absolute atomic E-state index is 5.61. The van der Waals surface area contributed by atoms with Crippen LogP contribution in [0.5, 0.6) is 5.75 Å². The van der Waals surface area contributed by atoms with Crippen molar-refractivity contribution in [1.82, 2.24) is 0 Å². The van der Waals surface area contributed by atoms with Crippen LogP contribution < -0.4 is 10.5 Å². The number of hydrogen-bond donors (Lipinski definition) is 2. The molecule has 1 aliphatic rings. The molecule has 0 aliphatic heterocycles. The largest absolute Gasteiger partial charge is 0.458 e. The molecule has 0 bridgehead atoms. The third-order valence-corrected chi connectivity index (χ3v) is 3.67. The van der Waals surface area contributed by atoms with Crippen molar-refractivity contribution >= 4 is 19.3 Å². The fourth-order valence-corrected chi connectivity index (χ4v) is 2.30. The van der Waals surface area contributed by atoms with Crippen molar-refractivity contribution in [2.45, 2.75) is 17.7 Å². The highest BCUT2D eigenvalue weighted by atomic mass is 32.1. The first-order chi connectivity index (χ1) is 14.2. The van der Waals surface area contributed by atoms with Gasteiger partial charge in [0.25, 0.3) is 0 Å². The van der Waals surface area contributed by atoms with E-state index < -0.39 is 0 Å². The number of para-hydroxylation sites is 1. The van der Waals surface area contributed by atoms with Gasteiger partial charge in [0.1, 0.15) is 17.3 Å². The van der Waals surface area contributed by atoms with Gasteiger partial charge in [-0.05, 0) is 63.0 Å². The van der Waals surface area contributed by atoms with E-state index in [1.165, 1.54) is 7.05 Å². The molecule has 0 saturated heterocycles. The molecule has 2 aromatic rings. The van der Waals surface area contributed by atoms with Crippen LogP contribution in [0.15, 0.2) is 119 Å². The average Bonchev–Trinajstić information content (AvgIpc) is 2.77. The van der Waals surface area contributed by atoms with Crippen molar-refractivity contribution in [1.29, 1.82) is 0 Å². The predicted octanol–water partition coefficient (Wildman–Crippen LogP) is 5.92. The molecule has 0 atom stereocenters. The number of nitrogens with zero attached hydrogens (tertiary/aromatic N) is 1. The lowest BCUT2D eigenvalue weighted by molar-refractivity contribution is 0.310. The molecule has 2 N–H and O–H groups in total. The fraction of sp³-hybridized carbons (Fsp3) is 0.125. The lowest BCUT2D eigenvalue weighted by Crippen LogP contribution is -1.95. The van der Waals surface area contributed by atoms with Crippen molar-refractivity contribution in [2.75, 3.05) is 7.05 Å². The van der Waals surface area contributed by atoms with Gasteiger partial charge in [-0.1, -0.05) is 49.1 Å². The summed E-state index contributed by atoms with van der Waals surface area (Å²) in [5.41, 5.74) is 4.50. The Balaban J connectivity index is 0.000000390. The van der Waals surface area contributed by atoms with Crippen LogP contribution in [0.1, 0.15) is 12.8 Å². The third-order valence-electron chi connectivity index (χ3n) is 3.37. The summed E-state index contributed by atoms with van der Waals surface area (Å²) in [6.45, 7) is 7.32. The van der Waals surface area contributed by atoms with Gasteiger partial charge in [-0.2, -0.15) is 0 Å². The highest BCUT2D eigenvalue weighted by Crippen LogP contribution is 2.18. The SMILES string of the molecule is C=N/C(=C\C(=C)Oc1ccccc1)OC1=CCCC=C1.CN.Sc1ccccc1. The molecule has 4 nitrogen and oxygen atoms in total. The second-order valence-electron chi connectivity index (χ2n) is 5.55. The summed E-state index contributed by atoms with van der Waals surface area (Å²) in [4.78, 5) is 4.85. The molecule has 0 amide bonds. The molecule has 0 fully saturated rings. The predicted molar refractivity (Wildman–Crippen MR) is 125 cm³/mol. The second-order valence-corrected chi connectivity index (χ2v) is 6.06. The Morgan fingerprint density at radius 3 is 2.10 bits per heavy atom. The van der Waals surface area contributed by atoms with E-state index in [0.29, 0.717) is 17.4 Å². The van der Waals surface area contributed by atoms with Crippen LogP contribution in [0, 0.1) is 0 Å². The maximum atomic E-state index is 5.61. The van der Waals surface area contributed by atoms with E-state index in [2.05, 4.69) is 42.7 Å². The smallest absolute Gasteiger partial charge is 0.222 e. The number of benzene rings is 2. The molecular formula is C24H28N2O2S. The Labute approximate surface area is 179 Å². The summed E-state index contributed by atoms with van der Waals surface area (Å²) in [6.07, 6.45) is 9.62. The van der Waals surface area contributed by atoms with Crippen molar-refractivity contribution in [3.8, 4) is 5.75 Å². The number of nitrogens with two attached hydrogens (primary N) is 1. The standard InChI is InChI=1S/C17H17NO2.C6H6S.CH5N/c1-14(19-15-9-5-3-6-10-15)13-17(18-2)20-16-11-7-4-8-12-16;7-6-4-2-1-3-5-6;1-2/h3,5-7,9-13H,1-2,4,8H2;1-5,7H;2H2,1H3/b17-13+;;. The Hall–Kier alpha value is -3.02. The molecular weight excluding hydrogens is 380 g/mol. The van der Waals surface area contributed by atoms with Crippen LogP contribution in [-0.4, -0.2) is 13.8 Å². The highest BCUT2D eigenvalue weighted by molar-refractivity contribution is 7.80. The number of aliphatic imine (C=N–C) groups is 1. The van der Waals surface area contributed by atoms with Crippen LogP contribution in [0.25, 0.3) is 0 Å². The van der Waals surface area contributed by atoms with Gasteiger partial charge >= 0.3 is 0 Å². The van der Waals surface area contributed by atoms with E-state index in [9.17, 15) is 0 Å². The minimum Gasteiger partial charge on any atom is -0.458 e. The molecule has 0 unspecified atom stereocenters. The lowest BCUT2D eigenvalue weighted by Gasteiger charge is -2.10. The van der Waals surface area contributed by atoms with Gasteiger partial charge in [-0.25, -0.2) is 4.99 Å². The van der Waals surface area contributed by atoms with E-state index in [-0.39, 0.29) is 0 Å². The molecule has 0 saturated carbocycles. The molecule has 2 aromatic carbocycles. The van der Waals surface area contributed by atoms with E-state index in [1.807, 2.05) is 72.8 Å². The Bertz CT molecular complexity index is 828. The fourth-order valence-electron chi connectivity index (χ4n) is 2.13. The quantitative estimate of drug-likeness (QED) is 0.270. The molecule has 0 spiro atoms. The van der Waals surface area contributed by atoms with Crippen LogP contribution in [0.2, 0.25) is 0 Å². The zero-order valence-electron chi connectivity index (χ0n) is 16.7. The monoisotopic (exact) mass is 408 g/mol. The van der Waals surface area contributed by atoms with E-state index in [4.69, 9.17) is 9.47 Å². The van der Waals surface area contributed by atoms with Crippen molar-refractivity contribution in [3.05, 3.63) is 109 Å². The lowest BCUT2D eigenvalue weighted by atomic mass is 10.2. The molecule has 152 valence electrons. The van der Waals surface area contributed by atoms with Gasteiger partial charge in [-0.15, -0.1) is 12.6 Å². The Morgan fingerprint density at radius 1 is 1.00 bits per heavy atom. The van der Waals surface area contributed by atoms with Crippen molar-refractivity contribution in [2.24, 2.45) is 10.7 Å². The van der Waals surface area contributed by atoms with E-state index in [1.54, 1.807) is 6.08 Å². The van der Waals surface area contributed by atoms with Crippen LogP contribution in [-0.2, 0) is 4.74 Å². The topological polar surface area (TPSA) is 56.8 Å². The first-order valence-electron chi connectivity index (χ1n) is 9.14. The van der Waals surface area contributed by atoms with Crippen molar-refractivity contribution in [3.63, 3.8) is 0 Å². The number of ether oxygens (including phenoxy) is 2. The Kier molecular flexibility index (Phi) is 12.4. The van der Waals surface area contributed by atoms with E-state index >= 15 is 0 Å². The van der Waals surface area contributed by atoms with Gasteiger partial charge in [0.15, 0.2) is 0 Å². The third kappa shape index (κ3) is 10.8. The number of allylic oxidation sites excluding steroid dienone is 4. The summed E-state index contributed by atoms with van der Waals surface area (Å²) in [5, 5.41) is 0. The number of hydrogen-bond acceptors (Lipinski definition) is 5. The van der Waals surface area contributed by atoms with E-state index in [0.717, 1.165) is 23.5 Å². The summed E-state index contributed by atoms with van der Waals surface area (Å²) < 4.78 is 11.2. The Morgan fingerprint density at radius 2 is 1.62 bits per heavy atom. The molecule has 5 heteroatoms.